The molecule has 0 spiro atoms. The van der Waals surface area contributed by atoms with Gasteiger partial charge in [0.15, 0.2) is 5.76 Å². The number of hydrogen-bond donors (Lipinski definition) is 1. The molecular weight excluding hydrogens is 280 g/mol. The minimum Gasteiger partial charge on any atom is -0.399 e. The molecule has 0 aliphatic rings. The molecule has 0 saturated heterocycles. The van der Waals surface area contributed by atoms with Gasteiger partial charge in [0.25, 0.3) is 5.69 Å². The number of nitrogens with zero attached hydrogens (tertiary/aromatic N) is 3. The number of furan rings is 1. The van der Waals surface area contributed by atoms with Crippen molar-refractivity contribution in [2.45, 2.75) is 6.92 Å². The maximum absolute atomic E-state index is 10.6. The van der Waals surface area contributed by atoms with Crippen LogP contribution in [0.15, 0.2) is 45.9 Å². The van der Waals surface area contributed by atoms with E-state index in [0.29, 0.717) is 11.4 Å². The summed E-state index contributed by atoms with van der Waals surface area (Å²) in [5.41, 5.74) is 3.35. The van der Waals surface area contributed by atoms with Crippen molar-refractivity contribution in [2.24, 2.45) is 5.10 Å². The fourth-order valence-corrected chi connectivity index (χ4v) is 1.51. The SMILES string of the molecule is C/C(=N/Nc1cccc([N+](=O)[O-])c1)c1ccc([N+](=O)[O-])o1. The van der Waals surface area contributed by atoms with Crippen LogP contribution in [0.5, 0.6) is 0 Å². The molecule has 0 atom stereocenters. The van der Waals surface area contributed by atoms with Crippen LogP contribution in [-0.4, -0.2) is 15.6 Å². The van der Waals surface area contributed by atoms with Crippen molar-refractivity contribution in [3.63, 3.8) is 0 Å². The maximum Gasteiger partial charge on any atom is 0.433 e. The van der Waals surface area contributed by atoms with Gasteiger partial charge in [0, 0.05) is 12.1 Å². The highest BCUT2D eigenvalue weighted by atomic mass is 16.6. The molecule has 1 aromatic carbocycles. The lowest BCUT2D eigenvalue weighted by molar-refractivity contribution is -0.402. The van der Waals surface area contributed by atoms with E-state index >= 15 is 0 Å². The Kier molecular flexibility index (Phi) is 3.93. The van der Waals surface area contributed by atoms with Gasteiger partial charge in [-0.05, 0) is 19.1 Å². The minimum absolute atomic E-state index is 0.0681. The number of hydrogen-bond acceptors (Lipinski definition) is 7. The second-order valence-corrected chi connectivity index (χ2v) is 4.01. The quantitative estimate of drug-likeness (QED) is 0.512. The van der Waals surface area contributed by atoms with Gasteiger partial charge < -0.3 is 4.42 Å². The molecule has 1 heterocycles. The lowest BCUT2D eigenvalue weighted by Gasteiger charge is -2.01. The standard InChI is InChI=1S/C12H10N4O5/c1-8(11-5-6-12(21-11)16(19)20)13-14-9-3-2-4-10(7-9)15(17)18/h2-7,14H,1H3/b13-8-. The third-order valence-electron chi connectivity index (χ3n) is 2.54. The van der Waals surface area contributed by atoms with Gasteiger partial charge in [0.05, 0.1) is 16.7 Å². The molecule has 0 saturated carbocycles. The average Bonchev–Trinajstić information content (AvgIpc) is 2.95. The molecule has 0 aliphatic heterocycles. The van der Waals surface area contributed by atoms with Gasteiger partial charge in [-0.25, -0.2) is 0 Å². The lowest BCUT2D eigenvalue weighted by atomic mass is 10.3. The zero-order valence-electron chi connectivity index (χ0n) is 10.8. The molecular formula is C12H10N4O5. The highest BCUT2D eigenvalue weighted by Gasteiger charge is 2.13. The summed E-state index contributed by atoms with van der Waals surface area (Å²) < 4.78 is 4.98. The van der Waals surface area contributed by atoms with Gasteiger partial charge in [-0.3, -0.25) is 25.7 Å². The van der Waals surface area contributed by atoms with Crippen LogP contribution in [-0.2, 0) is 0 Å². The first-order valence-electron chi connectivity index (χ1n) is 5.77. The molecule has 0 unspecified atom stereocenters. The van der Waals surface area contributed by atoms with Gasteiger partial charge in [0.1, 0.15) is 10.6 Å². The number of anilines is 1. The summed E-state index contributed by atoms with van der Waals surface area (Å²) in [6.45, 7) is 1.59. The van der Waals surface area contributed by atoms with Crippen LogP contribution in [0, 0.1) is 20.2 Å². The Bertz CT molecular complexity index is 722. The van der Waals surface area contributed by atoms with E-state index in [4.69, 9.17) is 4.42 Å². The Balaban J connectivity index is 2.14. The van der Waals surface area contributed by atoms with Crippen LogP contribution in [0.1, 0.15) is 12.7 Å². The normalized spacial score (nSPS) is 11.2. The highest BCUT2D eigenvalue weighted by molar-refractivity contribution is 5.96. The number of rotatable bonds is 5. The lowest BCUT2D eigenvalue weighted by Crippen LogP contribution is -1.98. The molecule has 0 amide bonds. The van der Waals surface area contributed by atoms with Gasteiger partial charge in [-0.1, -0.05) is 6.07 Å². The Morgan fingerprint density at radius 3 is 2.57 bits per heavy atom. The van der Waals surface area contributed by atoms with Gasteiger partial charge in [0.2, 0.25) is 0 Å². The van der Waals surface area contributed by atoms with E-state index in [1.807, 2.05) is 0 Å². The fourth-order valence-electron chi connectivity index (χ4n) is 1.51. The molecule has 108 valence electrons. The van der Waals surface area contributed by atoms with E-state index in [1.54, 1.807) is 13.0 Å². The summed E-state index contributed by atoms with van der Waals surface area (Å²) in [7, 11) is 0. The Morgan fingerprint density at radius 2 is 1.95 bits per heavy atom. The smallest absolute Gasteiger partial charge is 0.399 e. The van der Waals surface area contributed by atoms with E-state index in [0.717, 1.165) is 0 Å². The van der Waals surface area contributed by atoms with E-state index in [2.05, 4.69) is 10.5 Å². The number of nitro groups is 2. The zero-order chi connectivity index (χ0) is 15.4. The molecule has 9 heteroatoms. The van der Waals surface area contributed by atoms with Crippen LogP contribution in [0.4, 0.5) is 17.3 Å². The van der Waals surface area contributed by atoms with Crippen molar-refractivity contribution in [1.82, 2.24) is 0 Å². The zero-order valence-corrected chi connectivity index (χ0v) is 10.8. The summed E-state index contributed by atoms with van der Waals surface area (Å²) >= 11 is 0. The summed E-state index contributed by atoms with van der Waals surface area (Å²) in [6, 6.07) is 8.45. The van der Waals surface area contributed by atoms with E-state index < -0.39 is 9.85 Å². The number of benzene rings is 1. The predicted octanol–water partition coefficient (Wildman–Crippen LogP) is 2.93. The monoisotopic (exact) mass is 290 g/mol. The van der Waals surface area contributed by atoms with E-state index in [1.165, 1.54) is 30.3 Å². The van der Waals surface area contributed by atoms with Gasteiger partial charge in [-0.2, -0.15) is 5.10 Å². The molecule has 0 aliphatic carbocycles. The van der Waals surface area contributed by atoms with Crippen molar-refractivity contribution >= 4 is 23.0 Å². The minimum atomic E-state index is -0.648. The van der Waals surface area contributed by atoms with Crippen molar-refractivity contribution in [3.8, 4) is 0 Å². The van der Waals surface area contributed by atoms with Crippen LogP contribution in [0.25, 0.3) is 0 Å². The van der Waals surface area contributed by atoms with E-state index in [9.17, 15) is 20.2 Å². The van der Waals surface area contributed by atoms with Crippen molar-refractivity contribution in [1.29, 1.82) is 0 Å². The molecule has 1 N–H and O–H groups in total. The first-order valence-corrected chi connectivity index (χ1v) is 5.77. The van der Waals surface area contributed by atoms with Gasteiger partial charge >= 0.3 is 5.88 Å². The number of hydrazone groups is 1. The van der Waals surface area contributed by atoms with Crippen LogP contribution < -0.4 is 5.43 Å². The second kappa shape index (κ2) is 5.82. The highest BCUT2D eigenvalue weighted by Crippen LogP contribution is 2.18. The first-order chi connectivity index (χ1) is 9.97. The summed E-state index contributed by atoms with van der Waals surface area (Å²) in [6.07, 6.45) is 0. The molecule has 2 aromatic rings. The average molecular weight is 290 g/mol. The number of non-ortho nitro benzene ring substituents is 1. The largest absolute Gasteiger partial charge is 0.433 e. The van der Waals surface area contributed by atoms with Crippen molar-refractivity contribution in [3.05, 3.63) is 62.4 Å². The molecule has 1 aromatic heterocycles. The van der Waals surface area contributed by atoms with Gasteiger partial charge in [-0.15, -0.1) is 0 Å². The maximum atomic E-state index is 10.6. The topological polar surface area (TPSA) is 124 Å². The van der Waals surface area contributed by atoms with Crippen LogP contribution >= 0.6 is 0 Å². The van der Waals surface area contributed by atoms with E-state index in [-0.39, 0.29) is 17.3 Å². The third kappa shape index (κ3) is 3.41. The van der Waals surface area contributed by atoms with Crippen molar-refractivity contribution < 1.29 is 14.3 Å². The molecule has 0 radical (unpaired) electrons. The first kappa shape index (κ1) is 14.2. The van der Waals surface area contributed by atoms with Crippen LogP contribution in [0.2, 0.25) is 0 Å². The Morgan fingerprint density at radius 1 is 1.19 bits per heavy atom. The fraction of sp³-hybridized carbons (Fsp3) is 0.0833. The number of nitro benzene ring substituents is 1. The summed E-state index contributed by atoms with van der Waals surface area (Å²) in [5, 5.41) is 25.1. The molecule has 2 rings (SSSR count). The Labute approximate surface area is 118 Å². The second-order valence-electron chi connectivity index (χ2n) is 4.01. The molecule has 21 heavy (non-hydrogen) atoms. The predicted molar refractivity (Wildman–Crippen MR) is 74.3 cm³/mol. The Hall–Kier alpha value is -3.23. The van der Waals surface area contributed by atoms with Crippen molar-refractivity contribution in [2.75, 3.05) is 5.43 Å². The molecule has 0 bridgehead atoms. The molecule has 0 fully saturated rings. The molecule has 9 nitrogen and oxygen atoms in total. The summed E-state index contributed by atoms with van der Waals surface area (Å²) in [5.74, 6) is -0.144. The number of nitrogens with one attached hydrogen (secondary N) is 1. The van der Waals surface area contributed by atoms with Crippen LogP contribution in [0.3, 0.4) is 0 Å². The summed E-state index contributed by atoms with van der Waals surface area (Å²) in [4.78, 5) is 20.0. The third-order valence-corrected chi connectivity index (χ3v) is 2.54.